The molecule has 0 spiro atoms. The number of anilines is 1. The van der Waals surface area contributed by atoms with Gasteiger partial charge in [-0.3, -0.25) is 34.1 Å². The molecular weight excluding hydrogens is 506 g/mol. The minimum Gasteiger partial charge on any atom is -0.342 e. The van der Waals surface area contributed by atoms with Gasteiger partial charge in [-0.1, -0.05) is 25.1 Å². The molecule has 7 rings (SSSR count). The molecule has 3 aliphatic heterocycles. The number of hydrogen-bond donors (Lipinski definition) is 1. The lowest BCUT2D eigenvalue weighted by atomic mass is 9.89. The van der Waals surface area contributed by atoms with Crippen LogP contribution < -0.4 is 10.2 Å². The SMILES string of the molecule is CC1(C(=O)N2CCC(C)(n3cc(Cc4ccc5c6c(cccc46)C(=O)N5C4CCC(=O)NC4=O)cn3)CC2)CC1. The van der Waals surface area contributed by atoms with Crippen molar-refractivity contribution in [2.75, 3.05) is 18.0 Å². The second-order valence-electron chi connectivity index (χ2n) is 12.4. The lowest BCUT2D eigenvalue weighted by Gasteiger charge is -2.40. The van der Waals surface area contributed by atoms with Crippen LogP contribution in [0.15, 0.2) is 42.7 Å². The van der Waals surface area contributed by atoms with Crippen LogP contribution in [0.2, 0.25) is 0 Å². The molecule has 4 heterocycles. The predicted octanol–water partition coefficient (Wildman–Crippen LogP) is 3.53. The van der Waals surface area contributed by atoms with E-state index in [-0.39, 0.29) is 29.2 Å². The zero-order valence-corrected chi connectivity index (χ0v) is 22.9. The lowest BCUT2D eigenvalue weighted by molar-refractivity contribution is -0.138. The van der Waals surface area contributed by atoms with Crippen LogP contribution in [0.5, 0.6) is 0 Å². The van der Waals surface area contributed by atoms with Gasteiger partial charge < -0.3 is 4.90 Å². The smallest absolute Gasteiger partial charge is 0.259 e. The third-order valence-electron chi connectivity index (χ3n) is 9.57. The highest BCUT2D eigenvalue weighted by Gasteiger charge is 2.48. The third-order valence-corrected chi connectivity index (χ3v) is 9.57. The summed E-state index contributed by atoms with van der Waals surface area (Å²) in [4.78, 5) is 54.1. The van der Waals surface area contributed by atoms with Crippen LogP contribution in [0.1, 0.15) is 73.9 Å². The lowest BCUT2D eigenvalue weighted by Crippen LogP contribution is -2.53. The number of piperidine rings is 2. The van der Waals surface area contributed by atoms with Gasteiger partial charge in [-0.15, -0.1) is 0 Å². The number of amides is 4. The van der Waals surface area contributed by atoms with E-state index in [1.54, 1.807) is 4.90 Å². The van der Waals surface area contributed by atoms with Crippen molar-refractivity contribution in [1.29, 1.82) is 0 Å². The fraction of sp³-hybridized carbons (Fsp3) is 0.452. The average Bonchev–Trinajstić information content (AvgIpc) is 3.40. The zero-order valence-electron chi connectivity index (χ0n) is 22.9. The Hall–Kier alpha value is -4.01. The van der Waals surface area contributed by atoms with Crippen LogP contribution in [-0.2, 0) is 26.3 Å². The summed E-state index contributed by atoms with van der Waals surface area (Å²) in [5.41, 5.74) is 3.20. The van der Waals surface area contributed by atoms with Gasteiger partial charge in [-0.2, -0.15) is 5.10 Å². The van der Waals surface area contributed by atoms with Gasteiger partial charge in [0.2, 0.25) is 17.7 Å². The fourth-order valence-corrected chi connectivity index (χ4v) is 6.63. The second kappa shape index (κ2) is 8.74. The summed E-state index contributed by atoms with van der Waals surface area (Å²) >= 11 is 0. The monoisotopic (exact) mass is 539 g/mol. The van der Waals surface area contributed by atoms with Crippen molar-refractivity contribution < 1.29 is 19.2 Å². The number of nitrogens with one attached hydrogen (secondary N) is 1. The number of aromatic nitrogens is 2. The minimum absolute atomic E-state index is 0.129. The highest BCUT2D eigenvalue weighted by Crippen LogP contribution is 2.47. The molecule has 0 radical (unpaired) electrons. The van der Waals surface area contributed by atoms with E-state index in [1.807, 2.05) is 41.4 Å². The van der Waals surface area contributed by atoms with Gasteiger partial charge in [-0.05, 0) is 67.7 Å². The average molecular weight is 540 g/mol. The van der Waals surface area contributed by atoms with Crippen molar-refractivity contribution in [2.24, 2.45) is 5.41 Å². The molecule has 1 aliphatic carbocycles. The van der Waals surface area contributed by atoms with Gasteiger partial charge in [0.05, 0.1) is 17.4 Å². The van der Waals surface area contributed by atoms with Crippen LogP contribution in [0.25, 0.3) is 10.8 Å². The van der Waals surface area contributed by atoms with E-state index in [0.29, 0.717) is 24.3 Å². The molecule has 206 valence electrons. The molecular formula is C31H33N5O4. The van der Waals surface area contributed by atoms with Crippen LogP contribution >= 0.6 is 0 Å². The van der Waals surface area contributed by atoms with Gasteiger partial charge in [0.15, 0.2) is 0 Å². The highest BCUT2D eigenvalue weighted by atomic mass is 16.2. The maximum atomic E-state index is 13.4. The number of imide groups is 1. The van der Waals surface area contributed by atoms with E-state index in [4.69, 9.17) is 5.10 Å². The fourth-order valence-electron chi connectivity index (χ4n) is 6.63. The highest BCUT2D eigenvalue weighted by molar-refractivity contribution is 6.27. The maximum Gasteiger partial charge on any atom is 0.259 e. The molecule has 9 heteroatoms. The van der Waals surface area contributed by atoms with Crippen molar-refractivity contribution in [3.8, 4) is 0 Å². The van der Waals surface area contributed by atoms with E-state index >= 15 is 0 Å². The summed E-state index contributed by atoms with van der Waals surface area (Å²) in [7, 11) is 0. The second-order valence-corrected chi connectivity index (χ2v) is 12.4. The molecule has 3 fully saturated rings. The molecule has 3 aromatic rings. The molecule has 9 nitrogen and oxygen atoms in total. The largest absolute Gasteiger partial charge is 0.342 e. The number of likely N-dealkylation sites (tertiary alicyclic amines) is 1. The summed E-state index contributed by atoms with van der Waals surface area (Å²) in [6.45, 7) is 5.81. The first-order valence-corrected chi connectivity index (χ1v) is 14.2. The van der Waals surface area contributed by atoms with Gasteiger partial charge in [0.25, 0.3) is 5.91 Å². The molecule has 1 atom stereocenters. The number of rotatable bonds is 5. The number of carbonyl (C=O) groups is 4. The quantitative estimate of drug-likeness (QED) is 0.500. The molecule has 1 unspecified atom stereocenters. The molecule has 4 aliphatic rings. The molecule has 0 bridgehead atoms. The number of nitrogens with zero attached hydrogens (tertiary/aromatic N) is 4. The summed E-state index contributed by atoms with van der Waals surface area (Å²) in [5, 5.41) is 8.96. The van der Waals surface area contributed by atoms with Crippen molar-refractivity contribution in [3.63, 3.8) is 0 Å². The number of hydrogen-bond acceptors (Lipinski definition) is 5. The number of benzene rings is 2. The maximum absolute atomic E-state index is 13.4. The minimum atomic E-state index is -0.695. The Labute approximate surface area is 232 Å². The third kappa shape index (κ3) is 3.85. The Kier molecular flexibility index (Phi) is 5.46. The Bertz CT molecular complexity index is 1590. The number of carbonyl (C=O) groups excluding carboxylic acids is 4. The Morgan fingerprint density at radius 1 is 1.05 bits per heavy atom. The predicted molar refractivity (Wildman–Crippen MR) is 149 cm³/mol. The molecule has 1 N–H and O–H groups in total. The topological polar surface area (TPSA) is 105 Å². The van der Waals surface area contributed by atoms with Crippen LogP contribution in [0.4, 0.5) is 5.69 Å². The standard InChI is InChI=1S/C31H33N5O4/c1-30(10-11-30)29(40)34-14-12-31(2,13-15-34)35-18-19(17-32-35)16-20-6-7-23-26-21(20)4-3-5-22(26)28(39)36(23)24-8-9-25(37)33-27(24)38/h3-7,17-18,24H,8-16H2,1-2H3,(H,33,37,38). The first-order chi connectivity index (χ1) is 19.2. The van der Waals surface area contributed by atoms with Gasteiger partial charge in [-0.25, -0.2) is 0 Å². The molecule has 40 heavy (non-hydrogen) atoms. The van der Waals surface area contributed by atoms with Gasteiger partial charge >= 0.3 is 0 Å². The Balaban J connectivity index is 1.12. The van der Waals surface area contributed by atoms with E-state index in [0.717, 1.165) is 66.4 Å². The molecule has 1 saturated carbocycles. The summed E-state index contributed by atoms with van der Waals surface area (Å²) in [6, 6.07) is 8.98. The molecule has 2 aromatic carbocycles. The first kappa shape index (κ1) is 25.0. The van der Waals surface area contributed by atoms with E-state index < -0.39 is 11.9 Å². The van der Waals surface area contributed by atoms with Crippen molar-refractivity contribution >= 4 is 40.1 Å². The Morgan fingerprint density at radius 2 is 1.82 bits per heavy atom. The van der Waals surface area contributed by atoms with E-state index in [9.17, 15) is 19.2 Å². The summed E-state index contributed by atoms with van der Waals surface area (Å²) < 4.78 is 2.07. The van der Waals surface area contributed by atoms with E-state index in [1.165, 1.54) is 0 Å². The van der Waals surface area contributed by atoms with E-state index in [2.05, 4.69) is 30.0 Å². The van der Waals surface area contributed by atoms with Crippen LogP contribution in [-0.4, -0.2) is 57.4 Å². The first-order valence-electron chi connectivity index (χ1n) is 14.2. The summed E-state index contributed by atoms with van der Waals surface area (Å²) in [5.74, 6) is -0.620. The Morgan fingerprint density at radius 3 is 2.55 bits per heavy atom. The van der Waals surface area contributed by atoms with Crippen LogP contribution in [0.3, 0.4) is 0 Å². The van der Waals surface area contributed by atoms with Crippen molar-refractivity contribution in [2.45, 2.75) is 70.4 Å². The zero-order chi connectivity index (χ0) is 27.8. The van der Waals surface area contributed by atoms with Crippen molar-refractivity contribution in [3.05, 3.63) is 59.4 Å². The molecule has 4 amide bonds. The van der Waals surface area contributed by atoms with Gasteiger partial charge in [0.1, 0.15) is 6.04 Å². The summed E-state index contributed by atoms with van der Waals surface area (Å²) in [6.07, 6.45) is 8.97. The van der Waals surface area contributed by atoms with Crippen molar-refractivity contribution in [1.82, 2.24) is 20.0 Å². The normalized spacial score (nSPS) is 23.1. The van der Waals surface area contributed by atoms with Crippen LogP contribution in [0, 0.1) is 5.41 Å². The van der Waals surface area contributed by atoms with Gasteiger partial charge in [0, 0.05) is 48.5 Å². The molecule has 1 aromatic heterocycles. The molecule has 2 saturated heterocycles.